The Morgan fingerprint density at radius 2 is 1.78 bits per heavy atom. The molecule has 0 aliphatic heterocycles. The summed E-state index contributed by atoms with van der Waals surface area (Å²) in [4.78, 5) is 11.4. The first kappa shape index (κ1) is 19.4. The normalized spacial score (nSPS) is 10.7. The predicted octanol–water partition coefficient (Wildman–Crippen LogP) is 4.67. The standard InChI is InChI=1S/C16H21F3N2OS.2H2/c1-10(2)15(22)6-4-3-5-7-20-16(23)21-14-9-12(18)11(17)8-13(14)19;;/h8-10H,3-7H2,1-2H3,(H2,20,21,23);2*1H. The van der Waals surface area contributed by atoms with Gasteiger partial charge in [-0.15, -0.1) is 0 Å². The maximum atomic E-state index is 13.4. The fourth-order valence-corrected chi connectivity index (χ4v) is 2.09. The van der Waals surface area contributed by atoms with Crippen molar-refractivity contribution in [2.24, 2.45) is 5.92 Å². The summed E-state index contributed by atoms with van der Waals surface area (Å²) in [6, 6.07) is 1.18. The van der Waals surface area contributed by atoms with E-state index >= 15 is 0 Å². The zero-order valence-electron chi connectivity index (χ0n) is 13.2. The Morgan fingerprint density at radius 3 is 2.43 bits per heavy atom. The van der Waals surface area contributed by atoms with Crippen molar-refractivity contribution < 1.29 is 20.8 Å². The van der Waals surface area contributed by atoms with Crippen molar-refractivity contribution in [1.29, 1.82) is 0 Å². The highest BCUT2D eigenvalue weighted by Gasteiger charge is 2.10. The van der Waals surface area contributed by atoms with E-state index in [1.807, 2.05) is 13.8 Å². The molecular formula is C16H25F3N2OS. The van der Waals surface area contributed by atoms with Gasteiger partial charge in [-0.05, 0) is 25.1 Å². The van der Waals surface area contributed by atoms with Crippen molar-refractivity contribution in [2.45, 2.75) is 39.5 Å². The highest BCUT2D eigenvalue weighted by atomic mass is 32.1. The zero-order valence-corrected chi connectivity index (χ0v) is 14.0. The number of halogens is 3. The first-order chi connectivity index (χ1) is 10.8. The van der Waals surface area contributed by atoms with Crippen molar-refractivity contribution in [1.82, 2.24) is 5.32 Å². The molecule has 23 heavy (non-hydrogen) atoms. The lowest BCUT2D eigenvalue weighted by atomic mass is 10.0. The van der Waals surface area contributed by atoms with Gasteiger partial charge in [0.1, 0.15) is 11.6 Å². The van der Waals surface area contributed by atoms with Crippen LogP contribution in [-0.4, -0.2) is 17.4 Å². The number of carbonyl (C=O) groups is 1. The van der Waals surface area contributed by atoms with Gasteiger partial charge in [0.25, 0.3) is 0 Å². The second-order valence-corrected chi connectivity index (χ2v) is 5.97. The smallest absolute Gasteiger partial charge is 0.170 e. The molecule has 7 heteroatoms. The summed E-state index contributed by atoms with van der Waals surface area (Å²) in [5.74, 6) is -2.99. The predicted molar refractivity (Wildman–Crippen MR) is 93.1 cm³/mol. The third-order valence-electron chi connectivity index (χ3n) is 3.29. The number of carbonyl (C=O) groups excluding carboxylic acids is 1. The van der Waals surface area contributed by atoms with Gasteiger partial charge in [0.2, 0.25) is 0 Å². The average Bonchev–Trinajstić information content (AvgIpc) is 2.47. The number of hydrogen-bond acceptors (Lipinski definition) is 2. The van der Waals surface area contributed by atoms with Gasteiger partial charge in [0.05, 0.1) is 5.69 Å². The summed E-state index contributed by atoms with van der Waals surface area (Å²) in [6.07, 6.45) is 3.05. The number of hydrogen-bond donors (Lipinski definition) is 2. The van der Waals surface area contributed by atoms with E-state index in [-0.39, 0.29) is 25.4 Å². The molecular weight excluding hydrogens is 325 g/mol. The minimum Gasteiger partial charge on any atom is -0.362 e. The van der Waals surface area contributed by atoms with E-state index in [2.05, 4.69) is 10.6 Å². The molecule has 0 bridgehead atoms. The van der Waals surface area contributed by atoms with Crippen molar-refractivity contribution in [2.75, 3.05) is 11.9 Å². The molecule has 0 fully saturated rings. The first-order valence-electron chi connectivity index (χ1n) is 7.53. The lowest BCUT2D eigenvalue weighted by Crippen LogP contribution is -2.29. The van der Waals surface area contributed by atoms with E-state index in [9.17, 15) is 18.0 Å². The van der Waals surface area contributed by atoms with Crippen LogP contribution in [0.3, 0.4) is 0 Å². The van der Waals surface area contributed by atoms with E-state index in [1.54, 1.807) is 0 Å². The van der Waals surface area contributed by atoms with Crippen LogP contribution in [-0.2, 0) is 4.79 Å². The number of unbranched alkanes of at least 4 members (excludes halogenated alkanes) is 2. The molecule has 0 saturated heterocycles. The molecule has 1 rings (SSSR count). The third-order valence-corrected chi connectivity index (χ3v) is 3.53. The molecule has 0 saturated carbocycles. The second kappa shape index (κ2) is 9.50. The molecule has 0 amide bonds. The molecule has 0 spiro atoms. The first-order valence-corrected chi connectivity index (χ1v) is 7.94. The third kappa shape index (κ3) is 6.99. The van der Waals surface area contributed by atoms with Crippen LogP contribution in [0.25, 0.3) is 0 Å². The largest absolute Gasteiger partial charge is 0.362 e. The monoisotopic (exact) mass is 350 g/mol. The van der Waals surface area contributed by atoms with Gasteiger partial charge in [0.15, 0.2) is 16.7 Å². The molecule has 0 heterocycles. The Hall–Kier alpha value is -1.63. The summed E-state index contributed by atoms with van der Waals surface area (Å²) in [5, 5.41) is 5.48. The van der Waals surface area contributed by atoms with Gasteiger partial charge >= 0.3 is 0 Å². The SMILES string of the molecule is CC(C)C(=O)CCCCCNC(=S)Nc1cc(F)c(F)cc1F.[HH].[HH]. The number of ketones is 1. The molecule has 0 unspecified atom stereocenters. The molecule has 0 aliphatic rings. The van der Waals surface area contributed by atoms with Crippen molar-refractivity contribution in [3.05, 3.63) is 29.6 Å². The highest BCUT2D eigenvalue weighted by Crippen LogP contribution is 2.18. The van der Waals surface area contributed by atoms with Crippen LogP contribution in [0, 0.1) is 23.4 Å². The molecule has 2 N–H and O–H groups in total. The van der Waals surface area contributed by atoms with Gasteiger partial charge in [-0.1, -0.05) is 20.3 Å². The van der Waals surface area contributed by atoms with Crippen LogP contribution in [0.2, 0.25) is 0 Å². The maximum absolute atomic E-state index is 13.4. The Bertz CT molecular complexity index is 575. The second-order valence-electron chi connectivity index (χ2n) is 5.56. The van der Waals surface area contributed by atoms with E-state index in [4.69, 9.17) is 12.2 Å². The number of thiocarbonyl (C=S) groups is 1. The van der Waals surface area contributed by atoms with Gasteiger partial charge < -0.3 is 10.6 Å². The van der Waals surface area contributed by atoms with Crippen LogP contribution in [0.4, 0.5) is 18.9 Å². The lowest BCUT2D eigenvalue weighted by molar-refractivity contribution is -0.122. The Balaban J connectivity index is 0. The Morgan fingerprint density at radius 1 is 1.13 bits per heavy atom. The van der Waals surface area contributed by atoms with Crippen LogP contribution < -0.4 is 10.6 Å². The lowest BCUT2D eigenvalue weighted by Gasteiger charge is -2.11. The molecule has 132 valence electrons. The molecule has 0 aliphatic carbocycles. The Labute approximate surface area is 142 Å². The number of nitrogens with one attached hydrogen (secondary N) is 2. The summed E-state index contributed by atoms with van der Waals surface area (Å²) < 4.78 is 39.3. The van der Waals surface area contributed by atoms with E-state index < -0.39 is 17.5 Å². The summed E-state index contributed by atoms with van der Waals surface area (Å²) in [7, 11) is 0. The van der Waals surface area contributed by atoms with E-state index in [0.29, 0.717) is 19.0 Å². The molecule has 0 radical (unpaired) electrons. The number of benzene rings is 1. The zero-order chi connectivity index (χ0) is 17.4. The maximum Gasteiger partial charge on any atom is 0.170 e. The van der Waals surface area contributed by atoms with Crippen LogP contribution in [0.15, 0.2) is 12.1 Å². The van der Waals surface area contributed by atoms with Crippen LogP contribution >= 0.6 is 12.2 Å². The van der Waals surface area contributed by atoms with Crippen molar-refractivity contribution in [3.8, 4) is 0 Å². The molecule has 1 aromatic carbocycles. The fraction of sp³-hybridized carbons (Fsp3) is 0.500. The molecule has 0 atom stereocenters. The number of Topliss-reactive ketones (excluding diaryl/α,β-unsaturated/α-hetero) is 1. The number of rotatable bonds is 8. The van der Waals surface area contributed by atoms with E-state index in [1.165, 1.54) is 0 Å². The number of anilines is 1. The summed E-state index contributed by atoms with van der Waals surface area (Å²) in [5.41, 5.74) is -0.219. The fourth-order valence-electron chi connectivity index (χ4n) is 1.88. The van der Waals surface area contributed by atoms with Crippen molar-refractivity contribution in [3.63, 3.8) is 0 Å². The minimum atomic E-state index is -1.25. The van der Waals surface area contributed by atoms with E-state index in [0.717, 1.165) is 25.3 Å². The topological polar surface area (TPSA) is 41.1 Å². The van der Waals surface area contributed by atoms with Crippen LogP contribution in [0.5, 0.6) is 0 Å². The van der Waals surface area contributed by atoms with Crippen LogP contribution in [0.1, 0.15) is 42.4 Å². The van der Waals surface area contributed by atoms with Gasteiger partial charge in [-0.2, -0.15) is 0 Å². The molecule has 3 nitrogen and oxygen atoms in total. The van der Waals surface area contributed by atoms with Gasteiger partial charge in [-0.3, -0.25) is 4.79 Å². The molecule has 0 aromatic heterocycles. The van der Waals surface area contributed by atoms with Gasteiger partial charge in [-0.25, -0.2) is 13.2 Å². The average molecular weight is 350 g/mol. The Kier molecular flexibility index (Phi) is 8.02. The minimum absolute atomic E-state index is 0. The van der Waals surface area contributed by atoms with Gasteiger partial charge in [0, 0.05) is 33.9 Å². The summed E-state index contributed by atoms with van der Waals surface area (Å²) >= 11 is 4.97. The quantitative estimate of drug-likeness (QED) is 0.406. The summed E-state index contributed by atoms with van der Waals surface area (Å²) in [6.45, 7) is 4.31. The highest BCUT2D eigenvalue weighted by molar-refractivity contribution is 7.80. The molecule has 1 aromatic rings. The van der Waals surface area contributed by atoms with Crippen molar-refractivity contribution >= 4 is 28.8 Å².